The Kier molecular flexibility index (Phi) is 5.24. The van der Waals surface area contributed by atoms with Crippen molar-refractivity contribution in [3.63, 3.8) is 0 Å². The van der Waals surface area contributed by atoms with Crippen molar-refractivity contribution in [2.24, 2.45) is 5.92 Å². The zero-order chi connectivity index (χ0) is 12.8. The molecule has 1 aromatic rings. The van der Waals surface area contributed by atoms with E-state index in [0.717, 1.165) is 24.9 Å². The van der Waals surface area contributed by atoms with Gasteiger partial charge in [-0.3, -0.25) is 0 Å². The van der Waals surface area contributed by atoms with Crippen LogP contribution in [0.2, 0.25) is 0 Å². The summed E-state index contributed by atoms with van der Waals surface area (Å²) in [4.78, 5) is 4.53. The molecule has 1 aliphatic carbocycles. The lowest BCUT2D eigenvalue weighted by Crippen LogP contribution is -2.27. The molecule has 1 N–H and O–H groups in total. The average molecular weight is 249 g/mol. The van der Waals surface area contributed by atoms with Crippen LogP contribution in [-0.4, -0.2) is 22.1 Å². The highest BCUT2D eigenvalue weighted by Crippen LogP contribution is 2.28. The van der Waals surface area contributed by atoms with E-state index in [-0.39, 0.29) is 0 Å². The van der Waals surface area contributed by atoms with Crippen molar-refractivity contribution in [3.05, 3.63) is 18.2 Å². The summed E-state index contributed by atoms with van der Waals surface area (Å²) in [5, 5.41) is 3.65. The van der Waals surface area contributed by atoms with Gasteiger partial charge in [-0.2, -0.15) is 0 Å². The first-order chi connectivity index (χ1) is 8.83. The molecule has 1 fully saturated rings. The van der Waals surface area contributed by atoms with Gasteiger partial charge < -0.3 is 9.88 Å². The molecular formula is C15H27N3. The molecule has 0 aromatic carbocycles. The van der Waals surface area contributed by atoms with Crippen molar-refractivity contribution in [3.8, 4) is 0 Å². The molecule has 3 heteroatoms. The average Bonchev–Trinajstić information content (AvgIpc) is 2.98. The number of hydrogen-bond acceptors (Lipinski definition) is 2. The van der Waals surface area contributed by atoms with Gasteiger partial charge in [-0.1, -0.05) is 13.8 Å². The first-order valence-electron chi connectivity index (χ1n) is 7.56. The van der Waals surface area contributed by atoms with E-state index in [9.17, 15) is 0 Å². The van der Waals surface area contributed by atoms with Gasteiger partial charge in [0.25, 0.3) is 0 Å². The Bertz CT molecular complexity index is 345. The Morgan fingerprint density at radius 2 is 2.22 bits per heavy atom. The lowest BCUT2D eigenvalue weighted by molar-refractivity contribution is 0.469. The van der Waals surface area contributed by atoms with E-state index in [2.05, 4.69) is 34.9 Å². The second kappa shape index (κ2) is 6.93. The van der Waals surface area contributed by atoms with Crippen molar-refractivity contribution in [1.29, 1.82) is 0 Å². The van der Waals surface area contributed by atoms with Crippen LogP contribution in [0.5, 0.6) is 0 Å². The molecule has 2 rings (SSSR count). The molecule has 2 atom stereocenters. The van der Waals surface area contributed by atoms with Crippen molar-refractivity contribution >= 4 is 0 Å². The minimum absolute atomic E-state index is 0.754. The summed E-state index contributed by atoms with van der Waals surface area (Å²) in [6.45, 7) is 6.74. The smallest absolute Gasteiger partial charge is 0.108 e. The maximum Gasteiger partial charge on any atom is 0.108 e. The summed E-state index contributed by atoms with van der Waals surface area (Å²) in [7, 11) is 0. The molecule has 1 aliphatic rings. The molecular weight excluding hydrogens is 222 g/mol. The molecule has 2 unspecified atom stereocenters. The highest BCUT2D eigenvalue weighted by molar-refractivity contribution is 4.96. The number of rotatable bonds is 7. The van der Waals surface area contributed by atoms with E-state index in [1.54, 1.807) is 0 Å². The van der Waals surface area contributed by atoms with E-state index < -0.39 is 0 Å². The van der Waals surface area contributed by atoms with Crippen LogP contribution in [0.4, 0.5) is 0 Å². The Balaban J connectivity index is 1.81. The second-order valence-corrected chi connectivity index (χ2v) is 5.57. The van der Waals surface area contributed by atoms with Crippen molar-refractivity contribution in [2.75, 3.05) is 6.54 Å². The third-order valence-corrected chi connectivity index (χ3v) is 3.96. The number of hydrogen-bond donors (Lipinski definition) is 1. The standard InChI is InChI=1S/C15H27N3/c1-3-7-16-14-6-5-13(11-14)12-15-17-8-10-18(15)9-4-2/h8,10,13-14,16H,3-7,9,11-12H2,1-2H3. The van der Waals surface area contributed by atoms with Gasteiger partial charge in [-0.25, -0.2) is 4.98 Å². The summed E-state index contributed by atoms with van der Waals surface area (Å²) >= 11 is 0. The van der Waals surface area contributed by atoms with Gasteiger partial charge >= 0.3 is 0 Å². The van der Waals surface area contributed by atoms with Crippen molar-refractivity contribution in [2.45, 2.75) is 65.0 Å². The van der Waals surface area contributed by atoms with Crippen LogP contribution in [0.1, 0.15) is 51.8 Å². The SMILES string of the molecule is CCCNC1CCC(Cc2nccn2CCC)C1. The van der Waals surface area contributed by atoms with Gasteiger partial charge in [0.15, 0.2) is 0 Å². The zero-order valence-electron chi connectivity index (χ0n) is 11.9. The normalized spacial score (nSPS) is 23.7. The fourth-order valence-corrected chi connectivity index (χ4v) is 3.03. The van der Waals surface area contributed by atoms with Gasteiger partial charge in [-0.05, 0) is 44.6 Å². The second-order valence-electron chi connectivity index (χ2n) is 5.57. The highest BCUT2D eigenvalue weighted by Gasteiger charge is 2.25. The summed E-state index contributed by atoms with van der Waals surface area (Å²) < 4.78 is 2.33. The maximum atomic E-state index is 4.53. The van der Waals surface area contributed by atoms with Crippen molar-refractivity contribution < 1.29 is 0 Å². The fourth-order valence-electron chi connectivity index (χ4n) is 3.03. The van der Waals surface area contributed by atoms with Crippen LogP contribution < -0.4 is 5.32 Å². The summed E-state index contributed by atoms with van der Waals surface area (Å²) in [6, 6.07) is 0.754. The Morgan fingerprint density at radius 1 is 1.33 bits per heavy atom. The van der Waals surface area contributed by atoms with E-state index in [1.165, 1.54) is 44.5 Å². The molecule has 0 radical (unpaired) electrons. The van der Waals surface area contributed by atoms with Crippen LogP contribution >= 0.6 is 0 Å². The first-order valence-corrected chi connectivity index (χ1v) is 7.56. The molecule has 0 saturated heterocycles. The van der Waals surface area contributed by atoms with E-state index in [1.807, 2.05) is 6.20 Å². The lowest BCUT2D eigenvalue weighted by atomic mass is 10.0. The Hall–Kier alpha value is -0.830. The van der Waals surface area contributed by atoms with Crippen LogP contribution in [0, 0.1) is 5.92 Å². The number of imidazole rings is 1. The van der Waals surface area contributed by atoms with Gasteiger partial charge in [0.05, 0.1) is 0 Å². The van der Waals surface area contributed by atoms with Gasteiger partial charge in [0, 0.05) is 31.4 Å². The largest absolute Gasteiger partial charge is 0.335 e. The van der Waals surface area contributed by atoms with E-state index in [4.69, 9.17) is 0 Å². The molecule has 3 nitrogen and oxygen atoms in total. The Morgan fingerprint density at radius 3 is 3.00 bits per heavy atom. The molecule has 0 bridgehead atoms. The number of aromatic nitrogens is 2. The van der Waals surface area contributed by atoms with Crippen LogP contribution in [0.25, 0.3) is 0 Å². The summed E-state index contributed by atoms with van der Waals surface area (Å²) in [5.41, 5.74) is 0. The fraction of sp³-hybridized carbons (Fsp3) is 0.800. The number of nitrogens with zero attached hydrogens (tertiary/aromatic N) is 2. The minimum Gasteiger partial charge on any atom is -0.335 e. The van der Waals surface area contributed by atoms with Gasteiger partial charge in [0.1, 0.15) is 5.82 Å². The van der Waals surface area contributed by atoms with Gasteiger partial charge in [-0.15, -0.1) is 0 Å². The zero-order valence-corrected chi connectivity index (χ0v) is 11.9. The van der Waals surface area contributed by atoms with E-state index >= 15 is 0 Å². The molecule has 0 amide bonds. The molecule has 1 heterocycles. The molecule has 18 heavy (non-hydrogen) atoms. The predicted molar refractivity (Wildman–Crippen MR) is 75.6 cm³/mol. The number of aryl methyl sites for hydroxylation is 1. The number of nitrogens with one attached hydrogen (secondary N) is 1. The predicted octanol–water partition coefficient (Wildman–Crippen LogP) is 3.00. The summed E-state index contributed by atoms with van der Waals surface area (Å²) in [5.74, 6) is 2.12. The third kappa shape index (κ3) is 3.58. The molecule has 1 aromatic heterocycles. The summed E-state index contributed by atoms with van der Waals surface area (Å²) in [6.07, 6.45) is 11.7. The van der Waals surface area contributed by atoms with Crippen LogP contribution in [-0.2, 0) is 13.0 Å². The Labute approximate surface area is 111 Å². The quantitative estimate of drug-likeness (QED) is 0.805. The first kappa shape index (κ1) is 13.6. The van der Waals surface area contributed by atoms with Crippen molar-refractivity contribution in [1.82, 2.24) is 14.9 Å². The minimum atomic E-state index is 0.754. The highest BCUT2D eigenvalue weighted by atomic mass is 15.1. The molecule has 0 aliphatic heterocycles. The monoisotopic (exact) mass is 249 g/mol. The third-order valence-electron chi connectivity index (χ3n) is 3.96. The van der Waals surface area contributed by atoms with E-state index in [0.29, 0.717) is 0 Å². The molecule has 1 saturated carbocycles. The molecule has 102 valence electrons. The lowest BCUT2D eigenvalue weighted by Gasteiger charge is -2.13. The van der Waals surface area contributed by atoms with Crippen LogP contribution in [0.3, 0.4) is 0 Å². The van der Waals surface area contributed by atoms with Crippen LogP contribution in [0.15, 0.2) is 12.4 Å². The molecule has 0 spiro atoms. The topological polar surface area (TPSA) is 29.9 Å². The van der Waals surface area contributed by atoms with Gasteiger partial charge in [0.2, 0.25) is 0 Å². The maximum absolute atomic E-state index is 4.53.